The lowest BCUT2D eigenvalue weighted by Crippen LogP contribution is -2.27. The Kier molecular flexibility index (Phi) is 6.57. The quantitative estimate of drug-likeness (QED) is 0.498. The molecule has 5 nitrogen and oxygen atoms in total. The van der Waals surface area contributed by atoms with Crippen molar-refractivity contribution in [3.05, 3.63) is 108 Å². The summed E-state index contributed by atoms with van der Waals surface area (Å²) < 4.78 is 10.4. The number of carbonyl (C=O) groups excluding carboxylic acids is 2. The molecule has 0 aliphatic rings. The van der Waals surface area contributed by atoms with E-state index < -0.39 is 11.9 Å². The van der Waals surface area contributed by atoms with Crippen LogP contribution >= 0.6 is 0 Å². The first-order valence-electron chi connectivity index (χ1n) is 8.71. The first-order valence-corrected chi connectivity index (χ1v) is 8.71. The zero-order chi connectivity index (χ0) is 19.6. The molecule has 1 N–H and O–H groups in total. The topological polar surface area (TPSA) is 68.5 Å². The van der Waals surface area contributed by atoms with Crippen molar-refractivity contribution >= 4 is 24.0 Å². The number of esters is 1. The molecule has 0 unspecified atom stereocenters. The fourth-order valence-corrected chi connectivity index (χ4v) is 2.38. The zero-order valence-corrected chi connectivity index (χ0v) is 15.1. The maximum Gasteiger partial charge on any atom is 0.355 e. The number of carbonyl (C=O) groups is 2. The van der Waals surface area contributed by atoms with Gasteiger partial charge >= 0.3 is 5.97 Å². The highest BCUT2D eigenvalue weighted by Crippen LogP contribution is 2.09. The number of hydrogen-bond donors (Lipinski definition) is 1. The number of benzene rings is 2. The minimum absolute atomic E-state index is 0.0202. The molecule has 140 valence electrons. The van der Waals surface area contributed by atoms with Crippen LogP contribution < -0.4 is 5.32 Å². The Hall–Kier alpha value is -3.86. The molecule has 1 amide bonds. The van der Waals surface area contributed by atoms with Crippen LogP contribution in [-0.4, -0.2) is 11.9 Å². The van der Waals surface area contributed by atoms with Crippen LogP contribution in [0.5, 0.6) is 0 Å². The summed E-state index contributed by atoms with van der Waals surface area (Å²) in [5.74, 6) is -0.564. The van der Waals surface area contributed by atoms with Crippen LogP contribution in [0.25, 0.3) is 12.2 Å². The van der Waals surface area contributed by atoms with E-state index in [0.717, 1.165) is 11.1 Å². The maximum absolute atomic E-state index is 12.5. The molecule has 0 aliphatic carbocycles. The average Bonchev–Trinajstić information content (AvgIpc) is 3.25. The first kappa shape index (κ1) is 18.9. The minimum Gasteiger partial charge on any atom is -0.466 e. The number of ether oxygens (including phenoxy) is 1. The molecule has 1 heterocycles. The van der Waals surface area contributed by atoms with Gasteiger partial charge in [0.05, 0.1) is 6.26 Å². The number of rotatable bonds is 7. The average molecular weight is 373 g/mol. The van der Waals surface area contributed by atoms with Crippen LogP contribution in [0.3, 0.4) is 0 Å². The van der Waals surface area contributed by atoms with Gasteiger partial charge in [-0.25, -0.2) is 4.79 Å². The zero-order valence-electron chi connectivity index (χ0n) is 15.1. The van der Waals surface area contributed by atoms with E-state index in [0.29, 0.717) is 5.76 Å². The van der Waals surface area contributed by atoms with Crippen LogP contribution in [0.4, 0.5) is 0 Å². The van der Waals surface area contributed by atoms with Crippen molar-refractivity contribution in [3.63, 3.8) is 0 Å². The highest BCUT2D eigenvalue weighted by atomic mass is 16.5. The number of hydrogen-bond acceptors (Lipinski definition) is 4. The third-order valence-electron chi connectivity index (χ3n) is 3.74. The van der Waals surface area contributed by atoms with Gasteiger partial charge in [0.25, 0.3) is 0 Å². The number of nitrogens with one attached hydrogen (secondary N) is 1. The lowest BCUT2D eigenvalue weighted by atomic mass is 10.2. The predicted octanol–water partition coefficient (Wildman–Crippen LogP) is 4.19. The second kappa shape index (κ2) is 9.73. The Balaban J connectivity index is 1.72. The van der Waals surface area contributed by atoms with Crippen LogP contribution in [0.2, 0.25) is 0 Å². The van der Waals surface area contributed by atoms with E-state index in [1.165, 1.54) is 12.3 Å². The van der Waals surface area contributed by atoms with E-state index >= 15 is 0 Å². The summed E-state index contributed by atoms with van der Waals surface area (Å²) in [6, 6.07) is 22.0. The van der Waals surface area contributed by atoms with Gasteiger partial charge in [0.15, 0.2) is 0 Å². The molecule has 0 aliphatic heterocycles. The van der Waals surface area contributed by atoms with Gasteiger partial charge in [0, 0.05) is 6.08 Å². The molecule has 0 radical (unpaired) electrons. The second-order valence-electron chi connectivity index (χ2n) is 5.86. The van der Waals surface area contributed by atoms with Gasteiger partial charge in [-0.1, -0.05) is 60.7 Å². The summed E-state index contributed by atoms with van der Waals surface area (Å²) in [4.78, 5) is 24.8. The molecule has 0 atom stereocenters. The van der Waals surface area contributed by atoms with Gasteiger partial charge < -0.3 is 14.5 Å². The fourth-order valence-electron chi connectivity index (χ4n) is 2.38. The van der Waals surface area contributed by atoms with E-state index in [1.807, 2.05) is 60.7 Å². The highest BCUT2D eigenvalue weighted by molar-refractivity contribution is 6.02. The predicted molar refractivity (Wildman–Crippen MR) is 107 cm³/mol. The summed E-state index contributed by atoms with van der Waals surface area (Å²) in [7, 11) is 0. The van der Waals surface area contributed by atoms with Gasteiger partial charge in [-0.2, -0.15) is 0 Å². The van der Waals surface area contributed by atoms with Crippen molar-refractivity contribution in [3.8, 4) is 0 Å². The van der Waals surface area contributed by atoms with Crippen molar-refractivity contribution in [1.29, 1.82) is 0 Å². The Morgan fingerprint density at radius 3 is 2.21 bits per heavy atom. The smallest absolute Gasteiger partial charge is 0.355 e. The van der Waals surface area contributed by atoms with Crippen molar-refractivity contribution < 1.29 is 18.7 Å². The summed E-state index contributed by atoms with van der Waals surface area (Å²) in [6.45, 7) is -0.0202. The Labute approximate surface area is 163 Å². The largest absolute Gasteiger partial charge is 0.466 e. The highest BCUT2D eigenvalue weighted by Gasteiger charge is 2.14. The Morgan fingerprint density at radius 1 is 0.893 bits per heavy atom. The minimum atomic E-state index is -0.651. The second-order valence-corrected chi connectivity index (χ2v) is 5.86. The fraction of sp³-hybridized carbons (Fsp3) is 0.0435. The summed E-state index contributed by atoms with van der Waals surface area (Å²) in [6.07, 6.45) is 6.11. The maximum atomic E-state index is 12.5. The van der Waals surface area contributed by atoms with E-state index in [2.05, 4.69) is 5.32 Å². The lowest BCUT2D eigenvalue weighted by molar-refractivity contribution is -0.141. The van der Waals surface area contributed by atoms with Gasteiger partial charge in [-0.05, 0) is 35.4 Å². The van der Waals surface area contributed by atoms with Crippen LogP contribution in [0.1, 0.15) is 16.9 Å². The van der Waals surface area contributed by atoms with Crippen LogP contribution in [0, 0.1) is 0 Å². The third kappa shape index (κ3) is 5.85. The molecule has 0 saturated heterocycles. The lowest BCUT2D eigenvalue weighted by Gasteiger charge is -2.08. The van der Waals surface area contributed by atoms with Crippen molar-refractivity contribution in [2.45, 2.75) is 6.61 Å². The van der Waals surface area contributed by atoms with Gasteiger partial charge in [-0.15, -0.1) is 0 Å². The molecule has 3 aromatic rings. The molecule has 2 aromatic carbocycles. The number of furan rings is 1. The molecule has 0 fully saturated rings. The molecule has 0 saturated carbocycles. The number of amides is 1. The van der Waals surface area contributed by atoms with Crippen molar-refractivity contribution in [1.82, 2.24) is 5.32 Å². The summed E-state index contributed by atoms with van der Waals surface area (Å²) in [5.41, 5.74) is 1.69. The molecular weight excluding hydrogens is 354 g/mol. The standard InChI is InChI=1S/C23H19NO4/c25-22(14-13-18-8-3-1-4-9-18)24-21(16-19-10-5-2-6-11-19)23(26)28-17-20-12-7-15-27-20/h1-16H,17H2,(H,24,25)/b14-13+,21-16+. The van der Waals surface area contributed by atoms with E-state index in [1.54, 1.807) is 24.3 Å². The van der Waals surface area contributed by atoms with Crippen LogP contribution in [0.15, 0.2) is 95.2 Å². The molecule has 0 bridgehead atoms. The normalized spacial score (nSPS) is 11.4. The molecule has 5 heteroatoms. The van der Waals surface area contributed by atoms with Crippen LogP contribution in [-0.2, 0) is 20.9 Å². The molecule has 1 aromatic heterocycles. The molecule has 3 rings (SSSR count). The van der Waals surface area contributed by atoms with Gasteiger partial charge in [-0.3, -0.25) is 4.79 Å². The Bertz CT molecular complexity index is 958. The van der Waals surface area contributed by atoms with E-state index in [-0.39, 0.29) is 12.3 Å². The van der Waals surface area contributed by atoms with Gasteiger partial charge in [0.1, 0.15) is 18.1 Å². The van der Waals surface area contributed by atoms with E-state index in [4.69, 9.17) is 9.15 Å². The van der Waals surface area contributed by atoms with E-state index in [9.17, 15) is 9.59 Å². The first-order chi connectivity index (χ1) is 13.7. The summed E-state index contributed by atoms with van der Waals surface area (Å²) in [5, 5.41) is 2.60. The monoisotopic (exact) mass is 373 g/mol. The Morgan fingerprint density at radius 2 is 1.57 bits per heavy atom. The van der Waals surface area contributed by atoms with Gasteiger partial charge in [0.2, 0.25) is 5.91 Å². The van der Waals surface area contributed by atoms with Crippen molar-refractivity contribution in [2.75, 3.05) is 0 Å². The van der Waals surface area contributed by atoms with Crippen molar-refractivity contribution in [2.24, 2.45) is 0 Å². The molecule has 0 spiro atoms. The summed E-state index contributed by atoms with van der Waals surface area (Å²) >= 11 is 0. The molecule has 28 heavy (non-hydrogen) atoms. The third-order valence-corrected chi connectivity index (χ3v) is 3.74. The molecular formula is C23H19NO4. The SMILES string of the molecule is O=C(/C=C/c1ccccc1)N/C(=C/c1ccccc1)C(=O)OCc1ccco1.